The molecule has 3 rings (SSSR count). The SMILES string of the molecule is O=C1c2ccccc2C(=O)c2c(Br)c(SCCBr)cc(O)c21. The molecule has 112 valence electrons. The van der Waals surface area contributed by atoms with Gasteiger partial charge in [-0.3, -0.25) is 9.59 Å². The van der Waals surface area contributed by atoms with Gasteiger partial charge in [-0.05, 0) is 22.0 Å². The Bertz CT molecular complexity index is 802. The van der Waals surface area contributed by atoms with E-state index in [2.05, 4.69) is 31.9 Å². The van der Waals surface area contributed by atoms with Crippen LogP contribution in [0.2, 0.25) is 0 Å². The smallest absolute Gasteiger partial charge is 0.198 e. The van der Waals surface area contributed by atoms with Gasteiger partial charge in [0.25, 0.3) is 0 Å². The van der Waals surface area contributed by atoms with E-state index in [4.69, 9.17) is 0 Å². The standard InChI is InChI=1S/C16H10Br2O3S/c17-5-6-22-11-7-10(19)12-13(14(11)18)16(21)9-4-2-1-3-8(9)15(12)20/h1-4,7,19H,5-6H2. The minimum absolute atomic E-state index is 0.0822. The van der Waals surface area contributed by atoms with Gasteiger partial charge >= 0.3 is 0 Å². The number of carbonyl (C=O) groups excluding carboxylic acids is 2. The molecule has 1 aliphatic carbocycles. The lowest BCUT2D eigenvalue weighted by atomic mass is 9.83. The van der Waals surface area contributed by atoms with Gasteiger partial charge in [0, 0.05) is 31.6 Å². The van der Waals surface area contributed by atoms with Gasteiger partial charge in [0.1, 0.15) is 5.75 Å². The Morgan fingerprint density at radius 1 is 1.05 bits per heavy atom. The molecule has 0 heterocycles. The molecule has 0 radical (unpaired) electrons. The van der Waals surface area contributed by atoms with Crippen LogP contribution in [0.15, 0.2) is 39.7 Å². The number of hydrogen-bond donors (Lipinski definition) is 1. The second-order valence-electron chi connectivity index (χ2n) is 4.70. The van der Waals surface area contributed by atoms with E-state index in [1.807, 2.05) is 0 Å². The summed E-state index contributed by atoms with van der Waals surface area (Å²) in [6, 6.07) is 8.22. The van der Waals surface area contributed by atoms with Crippen molar-refractivity contribution in [1.29, 1.82) is 0 Å². The van der Waals surface area contributed by atoms with Crippen molar-refractivity contribution in [1.82, 2.24) is 0 Å². The minimum atomic E-state index is -0.319. The van der Waals surface area contributed by atoms with E-state index in [0.717, 1.165) is 16.0 Å². The molecule has 6 heteroatoms. The van der Waals surface area contributed by atoms with Gasteiger partial charge in [0.2, 0.25) is 0 Å². The Kier molecular flexibility index (Phi) is 4.43. The van der Waals surface area contributed by atoms with Crippen LogP contribution in [0.1, 0.15) is 31.8 Å². The third kappa shape index (κ3) is 2.43. The highest BCUT2D eigenvalue weighted by Gasteiger charge is 2.34. The van der Waals surface area contributed by atoms with Crippen LogP contribution in [0.4, 0.5) is 0 Å². The summed E-state index contributed by atoms with van der Waals surface area (Å²) >= 11 is 8.28. The molecule has 0 fully saturated rings. The average molecular weight is 442 g/mol. The first kappa shape index (κ1) is 15.8. The van der Waals surface area contributed by atoms with E-state index >= 15 is 0 Å². The number of aromatic hydroxyl groups is 1. The average Bonchev–Trinajstić information content (AvgIpc) is 2.53. The van der Waals surface area contributed by atoms with E-state index in [1.165, 1.54) is 17.8 Å². The molecule has 0 spiro atoms. The Balaban J connectivity index is 2.24. The van der Waals surface area contributed by atoms with Crippen LogP contribution in [-0.2, 0) is 0 Å². The highest BCUT2D eigenvalue weighted by Crippen LogP contribution is 2.42. The third-order valence-electron chi connectivity index (χ3n) is 3.41. The first-order valence-electron chi connectivity index (χ1n) is 6.49. The minimum Gasteiger partial charge on any atom is -0.507 e. The molecule has 22 heavy (non-hydrogen) atoms. The number of fused-ring (bicyclic) bond motifs is 2. The lowest BCUT2D eigenvalue weighted by Gasteiger charge is -2.21. The van der Waals surface area contributed by atoms with Gasteiger partial charge in [-0.2, -0.15) is 0 Å². The highest BCUT2D eigenvalue weighted by atomic mass is 79.9. The third-order valence-corrected chi connectivity index (χ3v) is 6.46. The van der Waals surface area contributed by atoms with Gasteiger partial charge in [0.15, 0.2) is 11.6 Å². The summed E-state index contributed by atoms with van der Waals surface area (Å²) in [7, 11) is 0. The van der Waals surface area contributed by atoms with Crippen molar-refractivity contribution in [3.8, 4) is 5.75 Å². The fraction of sp³-hybridized carbons (Fsp3) is 0.125. The number of hydrogen-bond acceptors (Lipinski definition) is 4. The number of benzene rings is 2. The molecule has 0 amide bonds. The summed E-state index contributed by atoms with van der Waals surface area (Å²) in [4.78, 5) is 26.1. The summed E-state index contributed by atoms with van der Waals surface area (Å²) in [5.74, 6) is 0.0764. The zero-order valence-corrected chi connectivity index (χ0v) is 15.2. The van der Waals surface area contributed by atoms with Gasteiger partial charge in [-0.25, -0.2) is 0 Å². The van der Waals surface area contributed by atoms with E-state index in [1.54, 1.807) is 24.3 Å². The van der Waals surface area contributed by atoms with Crippen molar-refractivity contribution in [2.75, 3.05) is 11.1 Å². The predicted octanol–water partition coefficient (Wildman–Crippen LogP) is 4.42. The van der Waals surface area contributed by atoms with Crippen molar-refractivity contribution < 1.29 is 14.7 Å². The molecule has 0 saturated carbocycles. The van der Waals surface area contributed by atoms with Crippen LogP contribution in [0.25, 0.3) is 0 Å². The van der Waals surface area contributed by atoms with Crippen molar-refractivity contribution in [2.45, 2.75) is 4.90 Å². The quantitative estimate of drug-likeness (QED) is 0.482. The Morgan fingerprint density at radius 3 is 2.23 bits per heavy atom. The van der Waals surface area contributed by atoms with Crippen LogP contribution in [0.5, 0.6) is 5.75 Å². The number of carbonyl (C=O) groups is 2. The summed E-state index contributed by atoms with van der Waals surface area (Å²) in [5, 5.41) is 11.0. The van der Waals surface area contributed by atoms with E-state index in [0.29, 0.717) is 15.6 Å². The summed E-state index contributed by atoms with van der Waals surface area (Å²) in [5.41, 5.74) is 1.05. The largest absolute Gasteiger partial charge is 0.507 e. The number of halogens is 2. The van der Waals surface area contributed by atoms with Crippen molar-refractivity contribution in [2.24, 2.45) is 0 Å². The zero-order valence-electron chi connectivity index (χ0n) is 11.2. The fourth-order valence-corrected chi connectivity index (χ4v) is 4.51. The first-order chi connectivity index (χ1) is 10.6. The maximum absolute atomic E-state index is 12.7. The number of phenols is 1. The van der Waals surface area contributed by atoms with Gasteiger partial charge in [-0.15, -0.1) is 11.8 Å². The monoisotopic (exact) mass is 440 g/mol. The van der Waals surface area contributed by atoms with Crippen LogP contribution < -0.4 is 0 Å². The molecule has 0 bridgehead atoms. The number of rotatable bonds is 3. The molecule has 2 aromatic carbocycles. The van der Waals surface area contributed by atoms with Gasteiger partial charge in [-0.1, -0.05) is 40.2 Å². The molecule has 0 atom stereocenters. The van der Waals surface area contributed by atoms with Crippen molar-refractivity contribution >= 4 is 55.2 Å². The Hall–Kier alpha value is -1.11. The van der Waals surface area contributed by atoms with Gasteiger partial charge in [0.05, 0.1) is 11.1 Å². The first-order valence-corrected chi connectivity index (χ1v) is 9.39. The summed E-state index contributed by atoms with van der Waals surface area (Å²) < 4.78 is 0.569. The molecule has 2 aromatic rings. The second kappa shape index (κ2) is 6.18. The fourth-order valence-electron chi connectivity index (χ4n) is 2.47. The normalized spacial score (nSPS) is 13.0. The second-order valence-corrected chi connectivity index (χ2v) is 7.42. The maximum Gasteiger partial charge on any atom is 0.198 e. The zero-order chi connectivity index (χ0) is 15.9. The Labute approximate surface area is 148 Å². The molecular weight excluding hydrogens is 432 g/mol. The number of ketones is 2. The lowest BCUT2D eigenvalue weighted by Crippen LogP contribution is -2.21. The van der Waals surface area contributed by atoms with Crippen molar-refractivity contribution in [3.05, 3.63) is 57.1 Å². The molecule has 1 aliphatic rings. The summed E-state index contributed by atoms with van der Waals surface area (Å²) in [6.45, 7) is 0. The van der Waals surface area contributed by atoms with Crippen molar-refractivity contribution in [3.63, 3.8) is 0 Å². The van der Waals surface area contributed by atoms with Crippen LogP contribution >= 0.6 is 43.6 Å². The van der Waals surface area contributed by atoms with E-state index in [9.17, 15) is 14.7 Å². The van der Waals surface area contributed by atoms with Crippen LogP contribution in [0.3, 0.4) is 0 Å². The number of alkyl halides is 1. The molecule has 0 saturated heterocycles. The molecular formula is C16H10Br2O3S. The maximum atomic E-state index is 12.7. The van der Waals surface area contributed by atoms with E-state index < -0.39 is 0 Å². The topological polar surface area (TPSA) is 54.4 Å². The Morgan fingerprint density at radius 2 is 1.64 bits per heavy atom. The molecule has 0 unspecified atom stereocenters. The summed E-state index contributed by atoms with van der Waals surface area (Å²) in [6.07, 6.45) is 0. The highest BCUT2D eigenvalue weighted by molar-refractivity contribution is 9.10. The van der Waals surface area contributed by atoms with Gasteiger partial charge < -0.3 is 5.11 Å². The van der Waals surface area contributed by atoms with Crippen LogP contribution in [0, 0.1) is 0 Å². The molecule has 3 nitrogen and oxygen atoms in total. The van der Waals surface area contributed by atoms with E-state index in [-0.39, 0.29) is 28.4 Å². The predicted molar refractivity (Wildman–Crippen MR) is 93.6 cm³/mol. The number of phenolic OH excluding ortho intramolecular Hbond substituents is 1. The lowest BCUT2D eigenvalue weighted by molar-refractivity contribution is 0.0975. The molecule has 0 aromatic heterocycles. The van der Waals surface area contributed by atoms with Crippen LogP contribution in [-0.4, -0.2) is 27.8 Å². The number of thioether (sulfide) groups is 1. The molecule has 1 N–H and O–H groups in total. The molecule has 0 aliphatic heterocycles.